The normalized spacial score (nSPS) is 22.7. The first-order valence-electron chi connectivity index (χ1n) is 11.2. The Labute approximate surface area is 166 Å². The molecule has 0 spiro atoms. The molecule has 4 atom stereocenters. The Morgan fingerprint density at radius 1 is 0.889 bits per heavy atom. The van der Waals surface area contributed by atoms with Gasteiger partial charge in [0.25, 0.3) is 0 Å². The molecule has 3 nitrogen and oxygen atoms in total. The van der Waals surface area contributed by atoms with Crippen LogP contribution in [0.25, 0.3) is 0 Å². The summed E-state index contributed by atoms with van der Waals surface area (Å²) in [5, 5.41) is 29.4. The minimum absolute atomic E-state index is 0.201. The average Bonchev–Trinajstić information content (AvgIpc) is 2.68. The number of hydrogen-bond donors (Lipinski definition) is 3. The smallest absolute Gasteiger partial charge is 0.0723 e. The Hall–Kier alpha value is -0.900. The largest absolute Gasteiger partial charge is 0.396 e. The second kappa shape index (κ2) is 16.1. The zero-order valence-corrected chi connectivity index (χ0v) is 17.3. The third kappa shape index (κ3) is 11.5. The van der Waals surface area contributed by atoms with Crippen molar-refractivity contribution in [1.29, 1.82) is 0 Å². The summed E-state index contributed by atoms with van der Waals surface area (Å²) in [4.78, 5) is 0. The van der Waals surface area contributed by atoms with Crippen LogP contribution in [0, 0.1) is 11.8 Å². The molecule has 156 valence electrons. The van der Waals surface area contributed by atoms with E-state index in [0.29, 0.717) is 5.92 Å². The predicted octanol–water partition coefficient (Wildman–Crippen LogP) is 5.32. The summed E-state index contributed by atoms with van der Waals surface area (Å²) in [5.41, 5.74) is 0. The fraction of sp³-hybridized carbons (Fsp3) is 0.750. The van der Waals surface area contributed by atoms with Gasteiger partial charge in [-0.15, -0.1) is 0 Å². The van der Waals surface area contributed by atoms with Crippen molar-refractivity contribution in [2.24, 2.45) is 11.8 Å². The molecule has 1 aliphatic rings. The second-order valence-corrected chi connectivity index (χ2v) is 7.95. The standard InChI is InChI=1S/C24H42O3/c1-2-3-4-5-6-7-16-22(26)17-10-8-14-21-15-9-11-18-23(21)24(27)19-12-13-20-25/h8-11,14,17,21-27H,2-7,12-13,15-16,18-20H2,1H3/t21-,22?,23-,24?/m1/s1. The van der Waals surface area contributed by atoms with Crippen LogP contribution in [0.1, 0.15) is 84.0 Å². The van der Waals surface area contributed by atoms with Gasteiger partial charge in [-0.25, -0.2) is 0 Å². The zero-order chi connectivity index (χ0) is 19.7. The molecule has 0 heterocycles. The van der Waals surface area contributed by atoms with E-state index in [1.165, 1.54) is 32.1 Å². The summed E-state index contributed by atoms with van der Waals surface area (Å²) in [6, 6.07) is 0. The molecule has 0 saturated heterocycles. The van der Waals surface area contributed by atoms with Crippen molar-refractivity contribution in [2.45, 2.75) is 96.2 Å². The molecule has 1 rings (SSSR count). The molecule has 0 aliphatic heterocycles. The van der Waals surface area contributed by atoms with Crippen molar-refractivity contribution >= 4 is 0 Å². The SMILES string of the molecule is CCCCCCCCC(O)C=CC=C[C@@H]1CC=CC[C@H]1C(O)CCCCO. The molecule has 3 N–H and O–H groups in total. The molecular weight excluding hydrogens is 336 g/mol. The average molecular weight is 379 g/mol. The molecule has 3 heteroatoms. The summed E-state index contributed by atoms with van der Waals surface area (Å²) in [7, 11) is 0. The van der Waals surface area contributed by atoms with E-state index >= 15 is 0 Å². The van der Waals surface area contributed by atoms with Gasteiger partial charge in [0.05, 0.1) is 12.2 Å². The van der Waals surface area contributed by atoms with Gasteiger partial charge in [0.2, 0.25) is 0 Å². The maximum atomic E-state index is 10.5. The molecule has 0 fully saturated rings. The molecule has 27 heavy (non-hydrogen) atoms. The fourth-order valence-corrected chi connectivity index (χ4v) is 3.83. The molecule has 1 aliphatic carbocycles. The van der Waals surface area contributed by atoms with E-state index in [-0.39, 0.29) is 24.7 Å². The van der Waals surface area contributed by atoms with Crippen LogP contribution in [0.4, 0.5) is 0 Å². The summed E-state index contributed by atoms with van der Waals surface area (Å²) >= 11 is 0. The van der Waals surface area contributed by atoms with Crippen molar-refractivity contribution in [3.63, 3.8) is 0 Å². The number of hydrogen-bond acceptors (Lipinski definition) is 3. The quantitative estimate of drug-likeness (QED) is 0.205. The summed E-state index contributed by atoms with van der Waals surface area (Å²) in [6.07, 6.45) is 24.4. The van der Waals surface area contributed by atoms with Gasteiger partial charge in [-0.3, -0.25) is 0 Å². The van der Waals surface area contributed by atoms with Crippen LogP contribution in [0.2, 0.25) is 0 Å². The Kier molecular flexibility index (Phi) is 14.4. The highest BCUT2D eigenvalue weighted by molar-refractivity contribution is 5.10. The van der Waals surface area contributed by atoms with Crippen molar-refractivity contribution in [3.05, 3.63) is 36.5 Å². The van der Waals surface area contributed by atoms with Gasteiger partial charge in [0.15, 0.2) is 0 Å². The maximum absolute atomic E-state index is 10.5. The van der Waals surface area contributed by atoms with Crippen LogP contribution in [0.15, 0.2) is 36.5 Å². The first kappa shape index (κ1) is 24.1. The van der Waals surface area contributed by atoms with Gasteiger partial charge >= 0.3 is 0 Å². The molecule has 0 aromatic heterocycles. The van der Waals surface area contributed by atoms with Gasteiger partial charge in [-0.1, -0.05) is 81.9 Å². The number of rotatable bonds is 15. The van der Waals surface area contributed by atoms with E-state index in [1.54, 1.807) is 0 Å². The van der Waals surface area contributed by atoms with Gasteiger partial charge in [-0.05, 0) is 50.4 Å². The van der Waals surface area contributed by atoms with E-state index < -0.39 is 0 Å². The van der Waals surface area contributed by atoms with Gasteiger partial charge in [0, 0.05) is 6.61 Å². The van der Waals surface area contributed by atoms with Crippen LogP contribution in [-0.4, -0.2) is 34.1 Å². The highest BCUT2D eigenvalue weighted by Crippen LogP contribution is 2.31. The Morgan fingerprint density at radius 3 is 2.37 bits per heavy atom. The second-order valence-electron chi connectivity index (χ2n) is 7.95. The lowest BCUT2D eigenvalue weighted by atomic mass is 9.78. The maximum Gasteiger partial charge on any atom is 0.0723 e. The summed E-state index contributed by atoms with van der Waals surface area (Å²) in [5.74, 6) is 0.603. The van der Waals surface area contributed by atoms with Crippen molar-refractivity contribution < 1.29 is 15.3 Å². The van der Waals surface area contributed by atoms with Crippen molar-refractivity contribution in [3.8, 4) is 0 Å². The predicted molar refractivity (Wildman–Crippen MR) is 115 cm³/mol. The lowest BCUT2D eigenvalue weighted by Gasteiger charge is -2.30. The van der Waals surface area contributed by atoms with Crippen molar-refractivity contribution in [1.82, 2.24) is 0 Å². The number of unbranched alkanes of at least 4 members (excludes halogenated alkanes) is 6. The topological polar surface area (TPSA) is 60.7 Å². The molecule has 0 bridgehead atoms. The number of allylic oxidation sites excluding steroid dienone is 5. The van der Waals surface area contributed by atoms with E-state index in [9.17, 15) is 10.2 Å². The summed E-state index contributed by atoms with van der Waals surface area (Å²) in [6.45, 7) is 2.43. The van der Waals surface area contributed by atoms with Crippen LogP contribution < -0.4 is 0 Å². The molecule has 0 saturated carbocycles. The fourth-order valence-electron chi connectivity index (χ4n) is 3.83. The minimum Gasteiger partial charge on any atom is -0.396 e. The third-order valence-corrected chi connectivity index (χ3v) is 5.59. The lowest BCUT2D eigenvalue weighted by Crippen LogP contribution is -2.28. The Balaban J connectivity index is 2.31. The first-order valence-corrected chi connectivity index (χ1v) is 11.2. The first-order chi connectivity index (χ1) is 13.2. The molecule has 0 aromatic carbocycles. The van der Waals surface area contributed by atoms with Crippen LogP contribution in [0.5, 0.6) is 0 Å². The molecular formula is C24H42O3. The zero-order valence-electron chi connectivity index (χ0n) is 17.3. The lowest BCUT2D eigenvalue weighted by molar-refractivity contribution is 0.0717. The Morgan fingerprint density at radius 2 is 1.59 bits per heavy atom. The molecule has 2 unspecified atom stereocenters. The Bertz CT molecular complexity index is 427. The van der Waals surface area contributed by atoms with Crippen molar-refractivity contribution in [2.75, 3.05) is 6.61 Å². The van der Waals surface area contributed by atoms with Crippen LogP contribution >= 0.6 is 0 Å². The van der Waals surface area contributed by atoms with Crippen LogP contribution in [0.3, 0.4) is 0 Å². The highest BCUT2D eigenvalue weighted by atomic mass is 16.3. The molecule has 0 radical (unpaired) electrons. The highest BCUT2D eigenvalue weighted by Gasteiger charge is 2.26. The number of aliphatic hydroxyl groups is 3. The monoisotopic (exact) mass is 378 g/mol. The molecule has 0 amide bonds. The minimum atomic E-state index is -0.355. The van der Waals surface area contributed by atoms with Gasteiger partial charge in [0.1, 0.15) is 0 Å². The third-order valence-electron chi connectivity index (χ3n) is 5.59. The van der Waals surface area contributed by atoms with E-state index in [2.05, 4.69) is 25.2 Å². The van der Waals surface area contributed by atoms with Gasteiger partial charge < -0.3 is 15.3 Å². The van der Waals surface area contributed by atoms with E-state index in [4.69, 9.17) is 5.11 Å². The number of aliphatic hydroxyl groups excluding tert-OH is 3. The molecule has 0 aromatic rings. The van der Waals surface area contributed by atoms with Crippen LogP contribution in [-0.2, 0) is 0 Å². The van der Waals surface area contributed by atoms with Gasteiger partial charge in [-0.2, -0.15) is 0 Å². The van der Waals surface area contributed by atoms with E-state index in [1.807, 2.05) is 18.2 Å². The summed E-state index contributed by atoms with van der Waals surface area (Å²) < 4.78 is 0. The van der Waals surface area contributed by atoms with E-state index in [0.717, 1.165) is 44.9 Å².